The topological polar surface area (TPSA) is 75.7 Å². The van der Waals surface area contributed by atoms with Gasteiger partial charge in [-0.05, 0) is 37.6 Å². The van der Waals surface area contributed by atoms with Gasteiger partial charge in [0.05, 0.1) is 17.5 Å². The molecular formula is C16H18N2O4S. The lowest BCUT2D eigenvalue weighted by Crippen LogP contribution is -2.48. The SMILES string of the molecule is COC(=O)c1ccc(NC(=O)[C@@H]2CS[C@@]3(C)CCC(=O)N23)cc1. The third kappa shape index (κ3) is 2.81. The number of hydrogen-bond donors (Lipinski definition) is 1. The van der Waals surface area contributed by atoms with E-state index in [1.165, 1.54) is 7.11 Å². The van der Waals surface area contributed by atoms with Gasteiger partial charge in [0.15, 0.2) is 0 Å². The average Bonchev–Trinajstić information content (AvgIpc) is 3.04. The first kappa shape index (κ1) is 15.9. The third-order valence-electron chi connectivity index (χ3n) is 4.32. The van der Waals surface area contributed by atoms with E-state index in [0.717, 1.165) is 6.42 Å². The van der Waals surface area contributed by atoms with Gasteiger partial charge >= 0.3 is 5.97 Å². The zero-order chi connectivity index (χ0) is 16.6. The molecule has 2 saturated heterocycles. The highest BCUT2D eigenvalue weighted by Gasteiger charge is 2.52. The molecule has 2 fully saturated rings. The van der Waals surface area contributed by atoms with Crippen LogP contribution in [-0.2, 0) is 14.3 Å². The van der Waals surface area contributed by atoms with Crippen molar-refractivity contribution < 1.29 is 19.1 Å². The van der Waals surface area contributed by atoms with E-state index < -0.39 is 12.0 Å². The molecule has 0 unspecified atom stereocenters. The van der Waals surface area contributed by atoms with Gasteiger partial charge < -0.3 is 15.0 Å². The van der Waals surface area contributed by atoms with Crippen LogP contribution >= 0.6 is 11.8 Å². The summed E-state index contributed by atoms with van der Waals surface area (Å²) in [5.74, 6) is 0.0309. The number of benzene rings is 1. The summed E-state index contributed by atoms with van der Waals surface area (Å²) in [7, 11) is 1.32. The molecule has 1 N–H and O–H groups in total. The number of hydrogen-bond acceptors (Lipinski definition) is 5. The maximum atomic E-state index is 12.5. The minimum atomic E-state index is -0.444. The van der Waals surface area contributed by atoms with Crippen molar-refractivity contribution in [1.29, 1.82) is 0 Å². The largest absolute Gasteiger partial charge is 0.465 e. The van der Waals surface area contributed by atoms with E-state index in [9.17, 15) is 14.4 Å². The van der Waals surface area contributed by atoms with Gasteiger partial charge in [0.2, 0.25) is 11.8 Å². The second-order valence-electron chi connectivity index (χ2n) is 5.82. The van der Waals surface area contributed by atoms with Gasteiger partial charge in [0.25, 0.3) is 0 Å². The number of amides is 2. The van der Waals surface area contributed by atoms with E-state index in [0.29, 0.717) is 23.4 Å². The Hall–Kier alpha value is -2.02. The zero-order valence-corrected chi connectivity index (χ0v) is 13.8. The zero-order valence-electron chi connectivity index (χ0n) is 13.0. The molecule has 1 aromatic rings. The monoisotopic (exact) mass is 334 g/mol. The molecule has 0 radical (unpaired) electrons. The van der Waals surface area contributed by atoms with Crippen LogP contribution in [0.15, 0.2) is 24.3 Å². The third-order valence-corrected chi connectivity index (χ3v) is 5.83. The molecular weight excluding hydrogens is 316 g/mol. The summed E-state index contributed by atoms with van der Waals surface area (Å²) in [6, 6.07) is 6.04. The molecule has 2 aliphatic rings. The van der Waals surface area contributed by atoms with Gasteiger partial charge in [-0.2, -0.15) is 0 Å². The fourth-order valence-electron chi connectivity index (χ4n) is 3.05. The molecule has 2 atom stereocenters. The molecule has 23 heavy (non-hydrogen) atoms. The molecule has 2 heterocycles. The molecule has 0 saturated carbocycles. The van der Waals surface area contributed by atoms with E-state index in [1.54, 1.807) is 40.9 Å². The van der Waals surface area contributed by atoms with Crippen LogP contribution in [0.4, 0.5) is 5.69 Å². The Morgan fingerprint density at radius 3 is 2.70 bits per heavy atom. The molecule has 122 valence electrons. The highest BCUT2D eigenvalue weighted by molar-refractivity contribution is 8.01. The van der Waals surface area contributed by atoms with Crippen molar-refractivity contribution in [1.82, 2.24) is 4.90 Å². The van der Waals surface area contributed by atoms with Gasteiger partial charge in [-0.3, -0.25) is 9.59 Å². The Kier molecular flexibility index (Phi) is 4.06. The quantitative estimate of drug-likeness (QED) is 0.854. The lowest BCUT2D eigenvalue weighted by molar-refractivity contribution is -0.135. The fourth-order valence-corrected chi connectivity index (χ4v) is 4.48. The van der Waals surface area contributed by atoms with E-state index >= 15 is 0 Å². The number of carbonyl (C=O) groups excluding carboxylic acids is 3. The van der Waals surface area contributed by atoms with Crippen molar-refractivity contribution in [3.63, 3.8) is 0 Å². The van der Waals surface area contributed by atoms with Crippen LogP contribution in [0.5, 0.6) is 0 Å². The number of esters is 1. The van der Waals surface area contributed by atoms with Crippen LogP contribution in [-0.4, -0.2) is 46.5 Å². The van der Waals surface area contributed by atoms with Gasteiger partial charge in [0, 0.05) is 17.9 Å². The lowest BCUT2D eigenvalue weighted by Gasteiger charge is -2.29. The van der Waals surface area contributed by atoms with Crippen molar-refractivity contribution in [2.75, 3.05) is 18.2 Å². The number of methoxy groups -OCH3 is 1. The van der Waals surface area contributed by atoms with Crippen LogP contribution in [0.25, 0.3) is 0 Å². The van der Waals surface area contributed by atoms with Crippen LogP contribution in [0.2, 0.25) is 0 Å². The number of nitrogens with one attached hydrogen (secondary N) is 1. The van der Waals surface area contributed by atoms with Crippen molar-refractivity contribution in [2.45, 2.75) is 30.7 Å². The Labute approximate surface area is 138 Å². The maximum absolute atomic E-state index is 12.5. The molecule has 3 rings (SSSR count). The van der Waals surface area contributed by atoms with E-state index in [4.69, 9.17) is 0 Å². The first-order valence-corrected chi connectivity index (χ1v) is 8.38. The molecule has 7 heteroatoms. The molecule has 0 bridgehead atoms. The number of rotatable bonds is 3. The first-order chi connectivity index (χ1) is 10.9. The number of anilines is 1. The van der Waals surface area contributed by atoms with E-state index in [1.807, 2.05) is 6.92 Å². The number of nitrogens with zero attached hydrogens (tertiary/aromatic N) is 1. The Bertz CT molecular complexity index is 661. The molecule has 2 aliphatic heterocycles. The highest BCUT2D eigenvalue weighted by Crippen LogP contribution is 2.47. The van der Waals surface area contributed by atoms with E-state index in [2.05, 4.69) is 10.1 Å². The van der Waals surface area contributed by atoms with Crippen LogP contribution in [0.3, 0.4) is 0 Å². The van der Waals surface area contributed by atoms with Crippen LogP contribution in [0, 0.1) is 0 Å². The second-order valence-corrected chi connectivity index (χ2v) is 7.33. The van der Waals surface area contributed by atoms with Gasteiger partial charge in [-0.15, -0.1) is 11.8 Å². The first-order valence-electron chi connectivity index (χ1n) is 7.40. The molecule has 1 aromatic carbocycles. The summed E-state index contributed by atoms with van der Waals surface area (Å²) in [6.07, 6.45) is 1.29. The summed E-state index contributed by atoms with van der Waals surface area (Å²) in [6.45, 7) is 2.01. The summed E-state index contributed by atoms with van der Waals surface area (Å²) >= 11 is 1.66. The minimum absolute atomic E-state index is 0.0405. The summed E-state index contributed by atoms with van der Waals surface area (Å²) in [5, 5.41) is 2.82. The Morgan fingerprint density at radius 2 is 2.04 bits per heavy atom. The molecule has 6 nitrogen and oxygen atoms in total. The number of ether oxygens (including phenoxy) is 1. The molecule has 0 spiro atoms. The predicted molar refractivity (Wildman–Crippen MR) is 87.1 cm³/mol. The van der Waals surface area contributed by atoms with Crippen LogP contribution < -0.4 is 5.32 Å². The maximum Gasteiger partial charge on any atom is 0.337 e. The Morgan fingerprint density at radius 1 is 1.35 bits per heavy atom. The Balaban J connectivity index is 1.70. The van der Waals surface area contributed by atoms with Crippen molar-refractivity contribution in [3.8, 4) is 0 Å². The summed E-state index contributed by atoms with van der Waals surface area (Å²) in [5.41, 5.74) is 1.01. The second kappa shape index (κ2) is 5.88. The fraction of sp³-hybridized carbons (Fsp3) is 0.438. The van der Waals surface area contributed by atoms with Crippen molar-refractivity contribution >= 4 is 35.2 Å². The van der Waals surface area contributed by atoms with Crippen molar-refractivity contribution in [2.24, 2.45) is 0 Å². The van der Waals surface area contributed by atoms with Gasteiger partial charge in [-0.25, -0.2) is 4.79 Å². The number of carbonyl (C=O) groups is 3. The van der Waals surface area contributed by atoms with Crippen molar-refractivity contribution in [3.05, 3.63) is 29.8 Å². The molecule has 0 aliphatic carbocycles. The van der Waals surface area contributed by atoms with Crippen LogP contribution in [0.1, 0.15) is 30.1 Å². The minimum Gasteiger partial charge on any atom is -0.465 e. The normalized spacial score (nSPS) is 26.1. The molecule has 2 amide bonds. The van der Waals surface area contributed by atoms with E-state index in [-0.39, 0.29) is 16.7 Å². The smallest absolute Gasteiger partial charge is 0.337 e. The number of thioether (sulfide) groups is 1. The molecule has 0 aromatic heterocycles. The standard InChI is InChI=1S/C16H18N2O4S/c1-16-8-7-13(19)18(16)12(9-23-16)14(20)17-11-5-3-10(4-6-11)15(21)22-2/h3-6,12H,7-9H2,1-2H3,(H,17,20)/t12-,16-/m0/s1. The predicted octanol–water partition coefficient (Wildman–Crippen LogP) is 1.87. The summed E-state index contributed by atoms with van der Waals surface area (Å²) in [4.78, 5) is 37.4. The lowest BCUT2D eigenvalue weighted by atomic mass is 10.2. The highest BCUT2D eigenvalue weighted by atomic mass is 32.2. The van der Waals surface area contributed by atoms with Gasteiger partial charge in [-0.1, -0.05) is 0 Å². The summed E-state index contributed by atoms with van der Waals surface area (Å²) < 4.78 is 4.64. The number of fused-ring (bicyclic) bond motifs is 1. The van der Waals surface area contributed by atoms with Gasteiger partial charge in [0.1, 0.15) is 6.04 Å². The average molecular weight is 334 g/mol.